The lowest BCUT2D eigenvalue weighted by molar-refractivity contribution is 0.135. The van der Waals surface area contributed by atoms with Crippen LogP contribution in [-0.4, -0.2) is 24.1 Å². The Hall–Kier alpha value is -0.700. The molecule has 0 spiro atoms. The lowest BCUT2D eigenvalue weighted by Crippen LogP contribution is -2.32. The summed E-state index contributed by atoms with van der Waals surface area (Å²) in [5, 5.41) is 2.60. The van der Waals surface area contributed by atoms with E-state index < -0.39 is 0 Å². The molecule has 1 aliphatic rings. The molecule has 4 heteroatoms. The van der Waals surface area contributed by atoms with E-state index in [-0.39, 0.29) is 18.2 Å². The fraction of sp³-hybridized carbons (Fsp3) is 0.571. The standard InChI is InChI=1S/C7H10ClNO2/c1-2-3-6-5(4-8)9-7(10)11-6/h2,5-6H,1,3-4H2,(H,9,10)/t5-,6+/m0/s1. The molecule has 2 atom stereocenters. The van der Waals surface area contributed by atoms with E-state index in [4.69, 9.17) is 16.3 Å². The van der Waals surface area contributed by atoms with Crippen LogP contribution < -0.4 is 5.32 Å². The average molecular weight is 176 g/mol. The number of halogens is 1. The number of carbonyl (C=O) groups excluding carboxylic acids is 1. The molecule has 1 amide bonds. The summed E-state index contributed by atoms with van der Waals surface area (Å²) < 4.78 is 4.90. The summed E-state index contributed by atoms with van der Waals surface area (Å²) >= 11 is 5.57. The van der Waals surface area contributed by atoms with E-state index in [2.05, 4.69) is 11.9 Å². The van der Waals surface area contributed by atoms with Crippen LogP contribution in [0.4, 0.5) is 4.79 Å². The molecule has 1 heterocycles. The second-order valence-electron chi connectivity index (χ2n) is 2.37. The highest BCUT2D eigenvalue weighted by Crippen LogP contribution is 2.13. The smallest absolute Gasteiger partial charge is 0.407 e. The van der Waals surface area contributed by atoms with Crippen molar-refractivity contribution in [1.29, 1.82) is 0 Å². The molecule has 0 radical (unpaired) electrons. The Morgan fingerprint density at radius 1 is 1.82 bits per heavy atom. The van der Waals surface area contributed by atoms with Crippen molar-refractivity contribution < 1.29 is 9.53 Å². The summed E-state index contributed by atoms with van der Waals surface area (Å²) in [5.41, 5.74) is 0. The number of alkyl carbamates (subject to hydrolysis) is 1. The maximum Gasteiger partial charge on any atom is 0.407 e. The Labute approximate surface area is 70.4 Å². The molecule has 0 unspecified atom stereocenters. The third-order valence-corrected chi connectivity index (χ3v) is 1.91. The monoisotopic (exact) mass is 175 g/mol. The van der Waals surface area contributed by atoms with Crippen molar-refractivity contribution in [2.45, 2.75) is 18.6 Å². The fourth-order valence-electron chi connectivity index (χ4n) is 1.01. The first-order valence-electron chi connectivity index (χ1n) is 3.42. The largest absolute Gasteiger partial charge is 0.444 e. The summed E-state index contributed by atoms with van der Waals surface area (Å²) in [7, 11) is 0. The van der Waals surface area contributed by atoms with Gasteiger partial charge in [0.15, 0.2) is 0 Å². The SMILES string of the molecule is C=CC[C@H]1OC(=O)N[C@H]1CCl. The van der Waals surface area contributed by atoms with Gasteiger partial charge in [0.05, 0.1) is 6.04 Å². The van der Waals surface area contributed by atoms with Crippen LogP contribution in [0.25, 0.3) is 0 Å². The van der Waals surface area contributed by atoms with Crippen LogP contribution in [0.3, 0.4) is 0 Å². The third-order valence-electron chi connectivity index (χ3n) is 1.58. The number of nitrogens with one attached hydrogen (secondary N) is 1. The summed E-state index contributed by atoms with van der Waals surface area (Å²) in [5.74, 6) is 0.379. The molecule has 0 bridgehead atoms. The van der Waals surface area contributed by atoms with Gasteiger partial charge in [0, 0.05) is 12.3 Å². The van der Waals surface area contributed by atoms with E-state index in [1.807, 2.05) is 0 Å². The van der Waals surface area contributed by atoms with E-state index in [0.29, 0.717) is 12.3 Å². The van der Waals surface area contributed by atoms with Gasteiger partial charge in [-0.05, 0) is 0 Å². The van der Waals surface area contributed by atoms with Gasteiger partial charge in [0.1, 0.15) is 6.10 Å². The minimum Gasteiger partial charge on any atom is -0.444 e. The molecular formula is C7H10ClNO2. The Kier molecular flexibility index (Phi) is 2.76. The average Bonchev–Trinajstić information content (AvgIpc) is 2.32. The van der Waals surface area contributed by atoms with E-state index in [9.17, 15) is 4.79 Å². The van der Waals surface area contributed by atoms with Crippen molar-refractivity contribution in [3.8, 4) is 0 Å². The molecule has 1 aliphatic heterocycles. The topological polar surface area (TPSA) is 38.3 Å². The number of rotatable bonds is 3. The van der Waals surface area contributed by atoms with Crippen molar-refractivity contribution in [2.24, 2.45) is 0 Å². The summed E-state index contributed by atoms with van der Waals surface area (Å²) in [6.07, 6.45) is 1.83. The first kappa shape index (κ1) is 8.40. The minimum absolute atomic E-state index is 0.0674. The summed E-state index contributed by atoms with van der Waals surface area (Å²) in [6.45, 7) is 3.56. The van der Waals surface area contributed by atoms with Crippen LogP contribution in [0.5, 0.6) is 0 Å². The molecule has 0 aromatic heterocycles. The van der Waals surface area contributed by atoms with Gasteiger partial charge in [-0.15, -0.1) is 18.2 Å². The fourth-order valence-corrected chi connectivity index (χ4v) is 1.29. The van der Waals surface area contributed by atoms with Crippen LogP contribution in [0.1, 0.15) is 6.42 Å². The molecular weight excluding hydrogens is 166 g/mol. The van der Waals surface area contributed by atoms with Crippen molar-refractivity contribution in [1.82, 2.24) is 5.32 Å². The van der Waals surface area contributed by atoms with Crippen LogP contribution in [-0.2, 0) is 4.74 Å². The second-order valence-corrected chi connectivity index (χ2v) is 2.68. The maximum absolute atomic E-state index is 10.7. The maximum atomic E-state index is 10.7. The highest BCUT2D eigenvalue weighted by Gasteiger charge is 2.31. The molecule has 0 aromatic carbocycles. The molecule has 0 aliphatic carbocycles. The Morgan fingerprint density at radius 2 is 2.55 bits per heavy atom. The first-order chi connectivity index (χ1) is 5.27. The normalized spacial score (nSPS) is 29.4. The Bertz CT molecular complexity index is 172. The molecule has 11 heavy (non-hydrogen) atoms. The van der Waals surface area contributed by atoms with E-state index in [0.717, 1.165) is 0 Å². The molecule has 1 rings (SSSR count). The summed E-state index contributed by atoms with van der Waals surface area (Å²) in [6, 6.07) is -0.0674. The number of hydrogen-bond donors (Lipinski definition) is 1. The van der Waals surface area contributed by atoms with Crippen molar-refractivity contribution in [3.63, 3.8) is 0 Å². The van der Waals surface area contributed by atoms with E-state index >= 15 is 0 Å². The number of cyclic esters (lactones) is 1. The van der Waals surface area contributed by atoms with Gasteiger partial charge < -0.3 is 10.1 Å². The third kappa shape index (κ3) is 1.87. The summed E-state index contributed by atoms with van der Waals surface area (Å²) in [4.78, 5) is 10.7. The lowest BCUT2D eigenvalue weighted by Gasteiger charge is -2.10. The predicted octanol–water partition coefficient (Wildman–Crippen LogP) is 1.28. The number of alkyl halides is 1. The Balaban J connectivity index is 2.49. The van der Waals surface area contributed by atoms with Crippen LogP contribution in [0, 0.1) is 0 Å². The molecule has 3 nitrogen and oxygen atoms in total. The molecule has 1 saturated heterocycles. The minimum atomic E-state index is -0.387. The van der Waals surface area contributed by atoms with Gasteiger partial charge in [0.25, 0.3) is 0 Å². The zero-order valence-corrected chi connectivity index (χ0v) is 6.80. The predicted molar refractivity (Wildman–Crippen MR) is 42.7 cm³/mol. The number of amides is 1. The first-order valence-corrected chi connectivity index (χ1v) is 3.95. The van der Waals surface area contributed by atoms with Gasteiger partial charge in [-0.1, -0.05) is 6.08 Å². The van der Waals surface area contributed by atoms with Gasteiger partial charge in [-0.2, -0.15) is 0 Å². The highest BCUT2D eigenvalue weighted by atomic mass is 35.5. The zero-order valence-electron chi connectivity index (χ0n) is 6.05. The number of carbonyl (C=O) groups is 1. The number of hydrogen-bond acceptors (Lipinski definition) is 2. The van der Waals surface area contributed by atoms with E-state index in [1.165, 1.54) is 0 Å². The van der Waals surface area contributed by atoms with Crippen molar-refractivity contribution >= 4 is 17.7 Å². The van der Waals surface area contributed by atoms with Crippen LogP contribution in [0.2, 0.25) is 0 Å². The number of ether oxygens (including phenoxy) is 1. The van der Waals surface area contributed by atoms with Gasteiger partial charge in [-0.3, -0.25) is 0 Å². The van der Waals surface area contributed by atoms with Gasteiger partial charge in [0.2, 0.25) is 0 Å². The van der Waals surface area contributed by atoms with Crippen molar-refractivity contribution in [3.05, 3.63) is 12.7 Å². The quantitative estimate of drug-likeness (QED) is 0.519. The van der Waals surface area contributed by atoms with Gasteiger partial charge in [-0.25, -0.2) is 4.79 Å². The molecule has 0 saturated carbocycles. The molecule has 1 N–H and O–H groups in total. The lowest BCUT2D eigenvalue weighted by atomic mass is 10.1. The molecule has 0 aromatic rings. The molecule has 1 fully saturated rings. The Morgan fingerprint density at radius 3 is 3.09 bits per heavy atom. The van der Waals surface area contributed by atoms with Crippen molar-refractivity contribution in [2.75, 3.05) is 5.88 Å². The van der Waals surface area contributed by atoms with E-state index in [1.54, 1.807) is 6.08 Å². The second kappa shape index (κ2) is 3.62. The van der Waals surface area contributed by atoms with Crippen LogP contribution >= 0.6 is 11.6 Å². The van der Waals surface area contributed by atoms with Gasteiger partial charge >= 0.3 is 6.09 Å². The zero-order chi connectivity index (χ0) is 8.27. The highest BCUT2D eigenvalue weighted by molar-refractivity contribution is 6.18. The van der Waals surface area contributed by atoms with Crippen LogP contribution in [0.15, 0.2) is 12.7 Å². The molecule has 62 valence electrons.